The normalized spacial score (nSPS) is 21.3. The summed E-state index contributed by atoms with van der Waals surface area (Å²) < 4.78 is 53.0. The molecular formula is C22H22F3N3O4. The van der Waals surface area contributed by atoms with Gasteiger partial charge in [-0.05, 0) is 35.2 Å². The number of methoxy groups -OCH3 is 2. The van der Waals surface area contributed by atoms with Crippen molar-refractivity contribution in [3.63, 3.8) is 0 Å². The maximum atomic E-state index is 14.1. The van der Waals surface area contributed by atoms with Crippen molar-refractivity contribution in [3.05, 3.63) is 59.2 Å². The average molecular weight is 449 g/mol. The van der Waals surface area contributed by atoms with Crippen molar-refractivity contribution in [2.75, 3.05) is 27.4 Å². The van der Waals surface area contributed by atoms with Crippen molar-refractivity contribution < 1.29 is 32.2 Å². The zero-order valence-electron chi connectivity index (χ0n) is 17.5. The van der Waals surface area contributed by atoms with E-state index in [9.17, 15) is 22.8 Å². The minimum Gasteiger partial charge on any atom is -0.493 e. The number of amides is 3. The van der Waals surface area contributed by atoms with Gasteiger partial charge >= 0.3 is 12.2 Å². The number of rotatable bonds is 5. The van der Waals surface area contributed by atoms with E-state index in [1.54, 1.807) is 17.0 Å². The summed E-state index contributed by atoms with van der Waals surface area (Å²) in [6.45, 7) is 0.546. The molecule has 0 spiro atoms. The number of nitrogens with one attached hydrogen (secondary N) is 1. The zero-order valence-corrected chi connectivity index (χ0v) is 17.5. The molecular weight excluding hydrogens is 427 g/mol. The first-order valence-corrected chi connectivity index (χ1v) is 9.93. The molecule has 1 saturated heterocycles. The Balaban J connectivity index is 1.60. The van der Waals surface area contributed by atoms with Crippen molar-refractivity contribution >= 4 is 11.9 Å². The summed E-state index contributed by atoms with van der Waals surface area (Å²) in [5.74, 6) is -0.214. The van der Waals surface area contributed by atoms with Crippen LogP contribution in [0.5, 0.6) is 11.5 Å². The van der Waals surface area contributed by atoms with Gasteiger partial charge in [0.2, 0.25) is 5.54 Å². The predicted molar refractivity (Wildman–Crippen MR) is 108 cm³/mol. The van der Waals surface area contributed by atoms with Gasteiger partial charge in [0.05, 0.1) is 20.9 Å². The number of nitrogens with zero attached hydrogens (tertiary/aromatic N) is 2. The van der Waals surface area contributed by atoms with Gasteiger partial charge in [-0.3, -0.25) is 9.69 Å². The van der Waals surface area contributed by atoms with Crippen LogP contribution in [0.3, 0.4) is 0 Å². The van der Waals surface area contributed by atoms with Crippen LogP contribution in [-0.4, -0.2) is 55.3 Å². The number of benzene rings is 2. The Labute approximate surface area is 182 Å². The number of urea groups is 1. The standard InChI is InChI=1S/C22H22F3N3O4/c1-31-17-10-14-8-9-27(12-15(14)11-18(17)32-2)13-28-19(29)21(22(23,24)25,26-20(28)30)16-6-4-3-5-7-16/h3-7,10-11H,8-9,12-13H2,1-2H3,(H,26,30). The summed E-state index contributed by atoms with van der Waals surface area (Å²) in [6, 6.07) is 9.30. The second kappa shape index (κ2) is 8.01. The van der Waals surface area contributed by atoms with Crippen LogP contribution in [0.4, 0.5) is 18.0 Å². The van der Waals surface area contributed by atoms with Crippen LogP contribution in [0.2, 0.25) is 0 Å². The van der Waals surface area contributed by atoms with E-state index in [4.69, 9.17) is 9.47 Å². The third kappa shape index (κ3) is 3.44. The highest BCUT2D eigenvalue weighted by atomic mass is 19.4. The van der Waals surface area contributed by atoms with Crippen molar-refractivity contribution in [1.29, 1.82) is 0 Å². The summed E-state index contributed by atoms with van der Waals surface area (Å²) in [5.41, 5.74) is -1.51. The minimum atomic E-state index is -5.01. The molecule has 2 aliphatic heterocycles. The van der Waals surface area contributed by atoms with Gasteiger partial charge in [0.1, 0.15) is 0 Å². The fourth-order valence-corrected chi connectivity index (χ4v) is 4.21. The average Bonchev–Trinajstić information content (AvgIpc) is 3.04. The molecule has 0 bridgehead atoms. The number of carbonyl (C=O) groups excluding carboxylic acids is 2. The highest BCUT2D eigenvalue weighted by Crippen LogP contribution is 2.43. The van der Waals surface area contributed by atoms with Crippen LogP contribution in [0.1, 0.15) is 16.7 Å². The molecule has 32 heavy (non-hydrogen) atoms. The molecule has 1 N–H and O–H groups in total. The fourth-order valence-electron chi connectivity index (χ4n) is 4.21. The molecule has 170 valence electrons. The number of hydrogen-bond acceptors (Lipinski definition) is 5. The van der Waals surface area contributed by atoms with E-state index < -0.39 is 23.7 Å². The maximum Gasteiger partial charge on any atom is 0.425 e. The van der Waals surface area contributed by atoms with Crippen molar-refractivity contribution in [2.24, 2.45) is 0 Å². The Morgan fingerprint density at radius 1 is 1.03 bits per heavy atom. The lowest BCUT2D eigenvalue weighted by atomic mass is 9.89. The molecule has 7 nitrogen and oxygen atoms in total. The van der Waals surface area contributed by atoms with Crippen LogP contribution in [-0.2, 0) is 23.3 Å². The van der Waals surface area contributed by atoms with Gasteiger partial charge in [0.25, 0.3) is 5.91 Å². The number of halogens is 3. The highest BCUT2D eigenvalue weighted by molar-refractivity contribution is 6.08. The number of alkyl halides is 3. The van der Waals surface area contributed by atoms with E-state index >= 15 is 0 Å². The lowest BCUT2D eigenvalue weighted by Crippen LogP contribution is -2.56. The van der Waals surface area contributed by atoms with Crippen molar-refractivity contribution in [2.45, 2.75) is 24.7 Å². The van der Waals surface area contributed by atoms with Gasteiger partial charge in [-0.15, -0.1) is 0 Å². The van der Waals surface area contributed by atoms with E-state index in [-0.39, 0.29) is 12.2 Å². The van der Waals surface area contributed by atoms with Gasteiger partial charge < -0.3 is 14.8 Å². The summed E-state index contributed by atoms with van der Waals surface area (Å²) in [4.78, 5) is 28.0. The van der Waals surface area contributed by atoms with Crippen LogP contribution in [0.15, 0.2) is 42.5 Å². The van der Waals surface area contributed by atoms with Gasteiger partial charge in [0.15, 0.2) is 11.5 Å². The number of carbonyl (C=O) groups is 2. The monoisotopic (exact) mass is 449 g/mol. The summed E-state index contributed by atoms with van der Waals surface area (Å²) in [5, 5.41) is 1.91. The number of imide groups is 1. The molecule has 4 rings (SSSR count). The van der Waals surface area contributed by atoms with Crippen LogP contribution in [0, 0.1) is 0 Å². The van der Waals surface area contributed by atoms with E-state index in [0.29, 0.717) is 35.9 Å². The topological polar surface area (TPSA) is 71.1 Å². The van der Waals surface area contributed by atoms with Crippen LogP contribution in [0.25, 0.3) is 0 Å². The predicted octanol–water partition coefficient (Wildman–Crippen LogP) is 3.03. The second-order valence-corrected chi connectivity index (χ2v) is 7.70. The Hall–Kier alpha value is -3.27. The second-order valence-electron chi connectivity index (χ2n) is 7.70. The van der Waals surface area contributed by atoms with Gasteiger partial charge in [-0.2, -0.15) is 13.2 Å². The first-order chi connectivity index (χ1) is 15.2. The molecule has 2 heterocycles. The molecule has 10 heteroatoms. The molecule has 0 aliphatic carbocycles. The zero-order chi connectivity index (χ0) is 23.1. The molecule has 1 fully saturated rings. The maximum absolute atomic E-state index is 14.1. The van der Waals surface area contributed by atoms with Crippen LogP contribution >= 0.6 is 0 Å². The lowest BCUT2D eigenvalue weighted by Gasteiger charge is -2.33. The lowest BCUT2D eigenvalue weighted by molar-refractivity contribution is -0.198. The number of ether oxygens (including phenoxy) is 2. The Bertz CT molecular complexity index is 1040. The molecule has 2 aromatic carbocycles. The molecule has 0 aromatic heterocycles. The van der Waals surface area contributed by atoms with Crippen molar-refractivity contribution in [1.82, 2.24) is 15.1 Å². The molecule has 3 amide bonds. The third-order valence-electron chi connectivity index (χ3n) is 5.88. The van der Waals surface area contributed by atoms with Gasteiger partial charge in [0, 0.05) is 13.1 Å². The van der Waals surface area contributed by atoms with Gasteiger partial charge in [-0.25, -0.2) is 9.69 Å². The van der Waals surface area contributed by atoms with Crippen LogP contribution < -0.4 is 14.8 Å². The Morgan fingerprint density at radius 2 is 1.66 bits per heavy atom. The minimum absolute atomic E-state index is 0.261. The molecule has 2 aliphatic rings. The SMILES string of the molecule is COc1cc2c(cc1OC)CN(CN1C(=O)NC(c3ccccc3)(C(F)(F)F)C1=O)CC2. The Morgan fingerprint density at radius 3 is 2.25 bits per heavy atom. The molecule has 1 atom stereocenters. The first-order valence-electron chi connectivity index (χ1n) is 9.93. The first kappa shape index (κ1) is 21.9. The number of hydrogen-bond donors (Lipinski definition) is 1. The van der Waals surface area contributed by atoms with E-state index in [1.165, 1.54) is 38.5 Å². The molecule has 0 saturated carbocycles. The molecule has 0 radical (unpaired) electrons. The quantitative estimate of drug-likeness (QED) is 0.711. The summed E-state index contributed by atoms with van der Waals surface area (Å²) >= 11 is 0. The number of fused-ring (bicyclic) bond motifs is 1. The highest BCUT2D eigenvalue weighted by Gasteiger charge is 2.68. The smallest absolute Gasteiger partial charge is 0.425 e. The fraction of sp³-hybridized carbons (Fsp3) is 0.364. The van der Waals surface area contributed by atoms with E-state index in [1.807, 2.05) is 11.4 Å². The van der Waals surface area contributed by atoms with Crippen molar-refractivity contribution in [3.8, 4) is 11.5 Å². The Kier molecular flexibility index (Phi) is 5.49. The molecule has 1 unspecified atom stereocenters. The van der Waals surface area contributed by atoms with E-state index in [2.05, 4.69) is 0 Å². The summed E-state index contributed by atoms with van der Waals surface area (Å²) in [6.07, 6.45) is -4.42. The van der Waals surface area contributed by atoms with E-state index in [0.717, 1.165) is 11.1 Å². The molecule has 2 aromatic rings. The van der Waals surface area contributed by atoms with Gasteiger partial charge in [-0.1, -0.05) is 30.3 Å². The third-order valence-corrected chi connectivity index (χ3v) is 5.88. The summed E-state index contributed by atoms with van der Waals surface area (Å²) in [7, 11) is 3.05. The largest absolute Gasteiger partial charge is 0.493 e.